The molecule has 0 aliphatic heterocycles. The summed E-state index contributed by atoms with van der Waals surface area (Å²) in [5, 5.41) is 4.45. The first kappa shape index (κ1) is 17.1. The van der Waals surface area contributed by atoms with Crippen LogP contribution in [0.1, 0.15) is 16.8 Å². The van der Waals surface area contributed by atoms with Crippen molar-refractivity contribution in [3.05, 3.63) is 88.5 Å². The van der Waals surface area contributed by atoms with Crippen molar-refractivity contribution in [1.29, 1.82) is 0 Å². The molecule has 0 atom stereocenters. The molecule has 0 saturated heterocycles. The third-order valence-corrected chi connectivity index (χ3v) is 4.23. The third kappa shape index (κ3) is 4.03. The van der Waals surface area contributed by atoms with Crippen molar-refractivity contribution in [2.45, 2.75) is 26.4 Å². The summed E-state index contributed by atoms with van der Waals surface area (Å²) in [7, 11) is 0. The summed E-state index contributed by atoms with van der Waals surface area (Å²) in [4.78, 5) is 17.1. The molecule has 2 heterocycles. The molecule has 0 radical (unpaired) electrons. The summed E-state index contributed by atoms with van der Waals surface area (Å²) in [6.07, 6.45) is 4.41. The molecule has 0 saturated carbocycles. The maximum absolute atomic E-state index is 12.8. The van der Waals surface area contributed by atoms with E-state index >= 15 is 0 Å². The molecule has 3 aromatic rings. The van der Waals surface area contributed by atoms with Gasteiger partial charge >= 0.3 is 0 Å². The quantitative estimate of drug-likeness (QED) is 0.533. The van der Waals surface area contributed by atoms with Gasteiger partial charge in [0.2, 0.25) is 0 Å². The number of hydrogen-bond acceptors (Lipinski definition) is 3. The molecule has 0 amide bonds. The Morgan fingerprint density at radius 2 is 2.12 bits per heavy atom. The van der Waals surface area contributed by atoms with Gasteiger partial charge in [0, 0.05) is 43.5 Å². The molecule has 1 N–H and O–H groups in total. The van der Waals surface area contributed by atoms with E-state index in [9.17, 15) is 4.79 Å². The third-order valence-electron chi connectivity index (χ3n) is 4.23. The van der Waals surface area contributed by atoms with E-state index in [1.54, 1.807) is 16.8 Å². The summed E-state index contributed by atoms with van der Waals surface area (Å²) in [6, 6.07) is 14.1. The van der Waals surface area contributed by atoms with Crippen LogP contribution in [0.15, 0.2) is 66.1 Å². The first-order chi connectivity index (χ1) is 12.2. The molecule has 0 aliphatic rings. The summed E-state index contributed by atoms with van der Waals surface area (Å²) < 4.78 is 1.79. The van der Waals surface area contributed by atoms with Crippen molar-refractivity contribution in [2.24, 2.45) is 0 Å². The fourth-order valence-electron chi connectivity index (χ4n) is 2.99. The zero-order valence-electron chi connectivity index (χ0n) is 14.5. The lowest BCUT2D eigenvalue weighted by molar-refractivity contribution is 0.667. The van der Waals surface area contributed by atoms with Crippen LogP contribution >= 0.6 is 0 Å². The fourth-order valence-corrected chi connectivity index (χ4v) is 2.99. The second-order valence-electron chi connectivity index (χ2n) is 6.18. The smallest absolute Gasteiger partial charge is 0.255 e. The van der Waals surface area contributed by atoms with Gasteiger partial charge in [-0.25, -0.2) is 0 Å². The number of nitrogens with one attached hydrogen (secondary N) is 1. The Morgan fingerprint density at radius 1 is 1.24 bits per heavy atom. The van der Waals surface area contributed by atoms with Crippen molar-refractivity contribution < 1.29 is 0 Å². The Bertz CT molecular complexity index is 929. The van der Waals surface area contributed by atoms with Crippen molar-refractivity contribution in [3.63, 3.8) is 0 Å². The Hall–Kier alpha value is -2.72. The van der Waals surface area contributed by atoms with Crippen molar-refractivity contribution >= 4 is 10.9 Å². The van der Waals surface area contributed by atoms with Crippen LogP contribution in [0.3, 0.4) is 0 Å². The lowest BCUT2D eigenvalue weighted by Crippen LogP contribution is -2.28. The van der Waals surface area contributed by atoms with Gasteiger partial charge in [-0.05, 0) is 42.6 Å². The van der Waals surface area contributed by atoms with Gasteiger partial charge in [-0.1, -0.05) is 23.8 Å². The second kappa shape index (κ2) is 7.90. The average Bonchev–Trinajstić information content (AvgIpc) is 2.62. The van der Waals surface area contributed by atoms with Crippen molar-refractivity contribution in [2.75, 3.05) is 6.54 Å². The minimum atomic E-state index is 0.0431. The van der Waals surface area contributed by atoms with Crippen molar-refractivity contribution in [1.82, 2.24) is 14.9 Å². The monoisotopic (exact) mass is 333 g/mol. The van der Waals surface area contributed by atoms with Gasteiger partial charge in [0.1, 0.15) is 0 Å². The Morgan fingerprint density at radius 3 is 2.88 bits per heavy atom. The van der Waals surface area contributed by atoms with Crippen LogP contribution in [0.5, 0.6) is 0 Å². The topological polar surface area (TPSA) is 46.9 Å². The predicted octanol–water partition coefficient (Wildman–Crippen LogP) is 3.22. The molecule has 25 heavy (non-hydrogen) atoms. The highest BCUT2D eigenvalue weighted by Crippen LogP contribution is 2.16. The number of benzene rings is 1. The average molecular weight is 333 g/mol. The minimum Gasteiger partial charge on any atom is -0.312 e. The lowest BCUT2D eigenvalue weighted by Gasteiger charge is -2.12. The second-order valence-corrected chi connectivity index (χ2v) is 6.18. The van der Waals surface area contributed by atoms with Gasteiger partial charge in [-0.15, -0.1) is 6.58 Å². The lowest BCUT2D eigenvalue weighted by atomic mass is 10.1. The highest BCUT2D eigenvalue weighted by molar-refractivity contribution is 5.80. The number of hydrogen-bond donors (Lipinski definition) is 1. The molecular formula is C21H23N3O. The number of aromatic nitrogens is 2. The van der Waals surface area contributed by atoms with Gasteiger partial charge in [-0.3, -0.25) is 9.78 Å². The predicted molar refractivity (Wildman–Crippen MR) is 103 cm³/mol. The maximum Gasteiger partial charge on any atom is 0.255 e. The highest BCUT2D eigenvalue weighted by atomic mass is 16.1. The summed E-state index contributed by atoms with van der Waals surface area (Å²) in [5.74, 6) is 0. The largest absolute Gasteiger partial charge is 0.312 e. The molecule has 4 heteroatoms. The number of rotatable bonds is 7. The van der Waals surface area contributed by atoms with Crippen LogP contribution in [-0.2, 0) is 19.5 Å². The maximum atomic E-state index is 12.8. The molecule has 0 unspecified atom stereocenters. The summed E-state index contributed by atoms with van der Waals surface area (Å²) >= 11 is 0. The van der Waals surface area contributed by atoms with E-state index in [0.29, 0.717) is 13.1 Å². The summed E-state index contributed by atoms with van der Waals surface area (Å²) in [6.45, 7) is 7.68. The molecule has 1 aromatic carbocycles. The number of nitrogens with zero attached hydrogens (tertiary/aromatic N) is 2. The fraction of sp³-hybridized carbons (Fsp3) is 0.238. The van der Waals surface area contributed by atoms with Gasteiger partial charge in [-0.2, -0.15) is 0 Å². The number of pyridine rings is 2. The van der Waals surface area contributed by atoms with E-state index in [0.717, 1.165) is 35.1 Å². The molecule has 0 bridgehead atoms. The van der Waals surface area contributed by atoms with E-state index in [1.807, 2.05) is 36.4 Å². The van der Waals surface area contributed by atoms with Crippen LogP contribution in [0, 0.1) is 6.92 Å². The summed E-state index contributed by atoms with van der Waals surface area (Å²) in [5.41, 5.74) is 4.01. The zero-order chi connectivity index (χ0) is 17.6. The standard InChI is InChI=1S/C21H23N3O/c1-3-12-24-20-8-7-16(2)13-17(20)14-18(21(24)25)15-22-11-9-19-6-4-5-10-23-19/h3-8,10,13-14,22H,1,9,11-12,15H2,2H3. The van der Waals surface area contributed by atoms with Crippen LogP contribution < -0.4 is 10.9 Å². The van der Waals surface area contributed by atoms with Crippen molar-refractivity contribution in [3.8, 4) is 0 Å². The zero-order valence-corrected chi connectivity index (χ0v) is 14.5. The molecule has 0 fully saturated rings. The first-order valence-electron chi connectivity index (χ1n) is 8.53. The number of aryl methyl sites for hydroxylation is 1. The highest BCUT2D eigenvalue weighted by Gasteiger charge is 2.08. The van der Waals surface area contributed by atoms with Crippen LogP contribution in [0.25, 0.3) is 10.9 Å². The Labute approximate surface area is 147 Å². The minimum absolute atomic E-state index is 0.0431. The molecule has 128 valence electrons. The normalized spacial score (nSPS) is 10.9. The van der Waals surface area contributed by atoms with Gasteiger partial charge < -0.3 is 9.88 Å². The van der Waals surface area contributed by atoms with E-state index < -0.39 is 0 Å². The number of allylic oxidation sites excluding steroid dienone is 1. The van der Waals surface area contributed by atoms with E-state index in [1.165, 1.54) is 5.56 Å². The van der Waals surface area contributed by atoms with E-state index in [4.69, 9.17) is 0 Å². The first-order valence-corrected chi connectivity index (χ1v) is 8.53. The van der Waals surface area contributed by atoms with Gasteiger partial charge in [0.25, 0.3) is 5.56 Å². The molecule has 3 rings (SSSR count). The van der Waals surface area contributed by atoms with Crippen LogP contribution in [0.4, 0.5) is 0 Å². The van der Waals surface area contributed by atoms with Gasteiger partial charge in [0.05, 0.1) is 5.52 Å². The molecule has 0 spiro atoms. The Balaban J connectivity index is 1.79. The molecule has 4 nitrogen and oxygen atoms in total. The SMILES string of the molecule is C=CCn1c(=O)c(CNCCc2ccccn2)cc2cc(C)ccc21. The molecular weight excluding hydrogens is 310 g/mol. The van der Waals surface area contributed by atoms with E-state index in [2.05, 4.69) is 29.9 Å². The molecule has 0 aliphatic carbocycles. The molecule has 2 aromatic heterocycles. The van der Waals surface area contributed by atoms with E-state index in [-0.39, 0.29) is 5.56 Å². The van der Waals surface area contributed by atoms with Crippen LogP contribution in [-0.4, -0.2) is 16.1 Å². The Kier molecular flexibility index (Phi) is 5.41. The van der Waals surface area contributed by atoms with Crippen LogP contribution in [0.2, 0.25) is 0 Å². The van der Waals surface area contributed by atoms with Gasteiger partial charge in [0.15, 0.2) is 0 Å². The number of fused-ring (bicyclic) bond motifs is 1.